The van der Waals surface area contributed by atoms with Crippen molar-refractivity contribution in [3.63, 3.8) is 0 Å². The van der Waals surface area contributed by atoms with Gasteiger partial charge in [0.15, 0.2) is 0 Å². The summed E-state index contributed by atoms with van der Waals surface area (Å²) in [4.78, 5) is 18.8. The first-order valence-electron chi connectivity index (χ1n) is 6.30. The van der Waals surface area contributed by atoms with Gasteiger partial charge in [-0.25, -0.2) is 9.78 Å². The van der Waals surface area contributed by atoms with Gasteiger partial charge in [0.2, 0.25) is 5.88 Å². The van der Waals surface area contributed by atoms with Crippen LogP contribution in [-0.4, -0.2) is 29.2 Å². The minimum Gasteiger partial charge on any atom is -0.477 e. The summed E-state index contributed by atoms with van der Waals surface area (Å²) in [7, 11) is 0. The van der Waals surface area contributed by atoms with Crippen molar-refractivity contribution in [3.8, 4) is 5.88 Å². The quantitative estimate of drug-likeness (QED) is 0.941. The number of ether oxygens (including phenoxy) is 1. The van der Waals surface area contributed by atoms with E-state index in [2.05, 4.69) is 9.88 Å². The van der Waals surface area contributed by atoms with Crippen LogP contribution >= 0.6 is 11.3 Å². The van der Waals surface area contributed by atoms with Crippen molar-refractivity contribution in [2.45, 2.75) is 13.5 Å². The Bertz CT molecular complexity index is 654. The van der Waals surface area contributed by atoms with Gasteiger partial charge in [0.25, 0.3) is 0 Å². The molecule has 2 aromatic rings. The van der Waals surface area contributed by atoms with Crippen LogP contribution in [0.1, 0.15) is 20.1 Å². The van der Waals surface area contributed by atoms with E-state index in [9.17, 15) is 4.79 Å². The summed E-state index contributed by atoms with van der Waals surface area (Å²) < 4.78 is 5.55. The van der Waals surface area contributed by atoms with Crippen molar-refractivity contribution >= 4 is 23.0 Å². The molecule has 6 heteroatoms. The molecule has 0 saturated carbocycles. The minimum absolute atomic E-state index is 0.371. The zero-order valence-electron chi connectivity index (χ0n) is 11.0. The standard InChI is InChI=1S/C14H14N2O3S/c1-9-6-11-13(15-7-9)19-5-4-16(11)8-10-2-3-12(20-10)14(17)18/h2-3,6-7H,4-5,8H2,1H3,(H,17,18). The molecule has 0 unspecified atom stereocenters. The Labute approximate surface area is 120 Å². The molecule has 0 radical (unpaired) electrons. The number of thiophene rings is 1. The van der Waals surface area contributed by atoms with Crippen LogP contribution < -0.4 is 9.64 Å². The van der Waals surface area contributed by atoms with E-state index in [0.29, 0.717) is 23.9 Å². The fourth-order valence-electron chi connectivity index (χ4n) is 2.18. The molecular weight excluding hydrogens is 276 g/mol. The van der Waals surface area contributed by atoms with Crippen LogP contribution in [0.15, 0.2) is 24.4 Å². The maximum Gasteiger partial charge on any atom is 0.345 e. The third-order valence-corrected chi connectivity index (χ3v) is 4.19. The van der Waals surface area contributed by atoms with Gasteiger partial charge in [0, 0.05) is 11.1 Å². The Hall–Kier alpha value is -2.08. The first-order valence-corrected chi connectivity index (χ1v) is 7.11. The van der Waals surface area contributed by atoms with E-state index in [-0.39, 0.29) is 0 Å². The fraction of sp³-hybridized carbons (Fsp3) is 0.286. The number of hydrogen-bond acceptors (Lipinski definition) is 5. The number of anilines is 1. The average molecular weight is 290 g/mol. The average Bonchev–Trinajstić information content (AvgIpc) is 2.88. The number of hydrogen-bond donors (Lipinski definition) is 1. The second kappa shape index (κ2) is 5.13. The molecule has 1 aliphatic rings. The van der Waals surface area contributed by atoms with Crippen molar-refractivity contribution in [1.29, 1.82) is 0 Å². The maximum absolute atomic E-state index is 10.9. The van der Waals surface area contributed by atoms with Crippen LogP contribution in [-0.2, 0) is 6.54 Å². The van der Waals surface area contributed by atoms with E-state index in [4.69, 9.17) is 9.84 Å². The predicted molar refractivity (Wildman–Crippen MR) is 76.8 cm³/mol. The van der Waals surface area contributed by atoms with E-state index in [1.54, 1.807) is 12.3 Å². The van der Waals surface area contributed by atoms with Crippen molar-refractivity contribution in [3.05, 3.63) is 39.7 Å². The number of aryl methyl sites for hydroxylation is 1. The Morgan fingerprint density at radius 1 is 1.55 bits per heavy atom. The van der Waals surface area contributed by atoms with Gasteiger partial charge in [-0.15, -0.1) is 11.3 Å². The topological polar surface area (TPSA) is 62.7 Å². The van der Waals surface area contributed by atoms with Gasteiger partial charge in [-0.1, -0.05) is 0 Å². The molecule has 0 bridgehead atoms. The highest BCUT2D eigenvalue weighted by Crippen LogP contribution is 2.32. The predicted octanol–water partition coefficient (Wildman–Crippen LogP) is 2.55. The van der Waals surface area contributed by atoms with E-state index in [1.807, 2.05) is 19.1 Å². The van der Waals surface area contributed by atoms with Gasteiger partial charge in [0.1, 0.15) is 17.2 Å². The van der Waals surface area contributed by atoms with Crippen LogP contribution in [0.3, 0.4) is 0 Å². The van der Waals surface area contributed by atoms with Crippen molar-refractivity contribution in [2.24, 2.45) is 0 Å². The monoisotopic (exact) mass is 290 g/mol. The number of carboxylic acids is 1. The molecule has 1 aliphatic heterocycles. The summed E-state index contributed by atoms with van der Waals surface area (Å²) in [5.41, 5.74) is 2.05. The van der Waals surface area contributed by atoms with Gasteiger partial charge < -0.3 is 14.7 Å². The van der Waals surface area contributed by atoms with Crippen LogP contribution in [0.25, 0.3) is 0 Å². The lowest BCUT2D eigenvalue weighted by molar-refractivity contribution is 0.0702. The number of aromatic nitrogens is 1. The molecule has 3 heterocycles. The first-order chi connectivity index (χ1) is 9.63. The summed E-state index contributed by atoms with van der Waals surface area (Å²) in [6.45, 7) is 4.05. The highest BCUT2D eigenvalue weighted by Gasteiger charge is 2.20. The van der Waals surface area contributed by atoms with Crippen molar-refractivity contribution < 1.29 is 14.6 Å². The summed E-state index contributed by atoms with van der Waals surface area (Å²) in [6.07, 6.45) is 1.79. The van der Waals surface area contributed by atoms with Crippen molar-refractivity contribution in [2.75, 3.05) is 18.1 Å². The van der Waals surface area contributed by atoms with E-state index >= 15 is 0 Å². The molecule has 20 heavy (non-hydrogen) atoms. The second-order valence-corrected chi connectivity index (χ2v) is 5.85. The van der Waals surface area contributed by atoms with Gasteiger partial charge in [-0.3, -0.25) is 0 Å². The molecule has 0 amide bonds. The number of aromatic carboxylic acids is 1. The number of carboxylic acid groups (broad SMARTS) is 1. The number of nitrogens with zero attached hydrogens (tertiary/aromatic N) is 2. The number of rotatable bonds is 3. The van der Waals surface area contributed by atoms with E-state index in [0.717, 1.165) is 22.7 Å². The third-order valence-electron chi connectivity index (χ3n) is 3.13. The maximum atomic E-state index is 10.9. The lowest BCUT2D eigenvalue weighted by Crippen LogP contribution is -2.32. The minimum atomic E-state index is -0.874. The van der Waals surface area contributed by atoms with E-state index < -0.39 is 5.97 Å². The molecule has 0 spiro atoms. The SMILES string of the molecule is Cc1cnc2c(c1)N(Cc1ccc(C(=O)O)s1)CCO2. The van der Waals surface area contributed by atoms with Crippen molar-refractivity contribution in [1.82, 2.24) is 4.98 Å². The number of pyridine rings is 1. The molecule has 1 N–H and O–H groups in total. The van der Waals surface area contributed by atoms with Gasteiger partial charge in [0.05, 0.1) is 13.1 Å². The summed E-state index contributed by atoms with van der Waals surface area (Å²) in [5, 5.41) is 8.96. The van der Waals surface area contributed by atoms with Crippen LogP contribution in [0, 0.1) is 6.92 Å². The largest absolute Gasteiger partial charge is 0.477 e. The van der Waals surface area contributed by atoms with E-state index in [1.165, 1.54) is 11.3 Å². The lowest BCUT2D eigenvalue weighted by atomic mass is 10.2. The van der Waals surface area contributed by atoms with Crippen LogP contribution in [0.4, 0.5) is 5.69 Å². The molecular formula is C14H14N2O3S. The molecule has 0 atom stereocenters. The molecule has 0 saturated heterocycles. The highest BCUT2D eigenvalue weighted by atomic mass is 32.1. The van der Waals surface area contributed by atoms with Gasteiger partial charge >= 0.3 is 5.97 Å². The summed E-state index contributed by atoms with van der Waals surface area (Å²) >= 11 is 1.31. The third kappa shape index (κ3) is 2.46. The Kier molecular flexibility index (Phi) is 3.31. The summed E-state index contributed by atoms with van der Waals surface area (Å²) in [6, 6.07) is 5.57. The van der Waals surface area contributed by atoms with Gasteiger partial charge in [-0.05, 0) is 30.7 Å². The Morgan fingerprint density at radius 3 is 3.15 bits per heavy atom. The molecule has 0 fully saturated rings. The number of carbonyl (C=O) groups is 1. The molecule has 5 nitrogen and oxygen atoms in total. The molecule has 2 aromatic heterocycles. The second-order valence-electron chi connectivity index (χ2n) is 4.68. The Balaban J connectivity index is 1.85. The number of fused-ring (bicyclic) bond motifs is 1. The normalized spacial score (nSPS) is 13.8. The highest BCUT2D eigenvalue weighted by molar-refractivity contribution is 7.13. The first kappa shape index (κ1) is 12.9. The molecule has 0 aromatic carbocycles. The lowest BCUT2D eigenvalue weighted by Gasteiger charge is -2.30. The molecule has 3 rings (SSSR count). The van der Waals surface area contributed by atoms with Gasteiger partial charge in [-0.2, -0.15) is 0 Å². The zero-order valence-corrected chi connectivity index (χ0v) is 11.8. The molecule has 104 valence electrons. The van der Waals surface area contributed by atoms with Crippen LogP contribution in [0.5, 0.6) is 5.88 Å². The summed E-state index contributed by atoms with van der Waals surface area (Å²) in [5.74, 6) is -0.224. The molecule has 0 aliphatic carbocycles. The smallest absolute Gasteiger partial charge is 0.345 e. The zero-order chi connectivity index (χ0) is 14.1. The fourth-order valence-corrected chi connectivity index (χ4v) is 3.04. The Morgan fingerprint density at radius 2 is 2.40 bits per heavy atom. The van der Waals surface area contributed by atoms with Crippen LogP contribution in [0.2, 0.25) is 0 Å².